The summed E-state index contributed by atoms with van der Waals surface area (Å²) >= 11 is 0. The molecule has 0 saturated carbocycles. The summed E-state index contributed by atoms with van der Waals surface area (Å²) in [7, 11) is 4.07. The van der Waals surface area contributed by atoms with Gasteiger partial charge in [-0.05, 0) is 68.2 Å². The molecule has 1 N–H and O–H groups in total. The largest absolute Gasteiger partial charge is 0.492 e. The Kier molecular flexibility index (Phi) is 5.16. The number of hydrogen-bond donors (Lipinski definition) is 1. The average molecular weight is 324 g/mol. The Bertz CT molecular complexity index is 721. The van der Waals surface area contributed by atoms with E-state index in [1.807, 2.05) is 26.2 Å². The van der Waals surface area contributed by atoms with Crippen molar-refractivity contribution in [3.63, 3.8) is 0 Å². The topological polar surface area (TPSA) is 45.1 Å². The number of likely N-dealkylation sites (N-methyl/N-ethyl adjacent to an activating group) is 1. The molecule has 0 radical (unpaired) electrons. The molecule has 0 spiro atoms. The number of oxime groups is 1. The van der Waals surface area contributed by atoms with Gasteiger partial charge in [-0.3, -0.25) is 0 Å². The van der Waals surface area contributed by atoms with Gasteiger partial charge in [-0.1, -0.05) is 29.4 Å². The summed E-state index contributed by atoms with van der Waals surface area (Å²) in [5.74, 6) is 0.885. The van der Waals surface area contributed by atoms with Gasteiger partial charge in [-0.2, -0.15) is 0 Å². The molecule has 1 aliphatic rings. The van der Waals surface area contributed by atoms with Gasteiger partial charge in [0.05, 0.1) is 5.71 Å². The molecule has 0 heterocycles. The zero-order chi connectivity index (χ0) is 16.9. The predicted molar refractivity (Wildman–Crippen MR) is 97.2 cm³/mol. The Morgan fingerprint density at radius 1 is 1.04 bits per heavy atom. The van der Waals surface area contributed by atoms with E-state index in [0.29, 0.717) is 6.61 Å². The van der Waals surface area contributed by atoms with Crippen LogP contribution in [0.15, 0.2) is 47.6 Å². The normalized spacial score (nSPS) is 15.5. The van der Waals surface area contributed by atoms with Gasteiger partial charge in [0.15, 0.2) is 0 Å². The molecule has 4 heteroatoms. The van der Waals surface area contributed by atoms with Gasteiger partial charge < -0.3 is 14.8 Å². The second kappa shape index (κ2) is 7.49. The van der Waals surface area contributed by atoms with Crippen molar-refractivity contribution in [2.45, 2.75) is 19.3 Å². The van der Waals surface area contributed by atoms with Crippen LogP contribution in [0.1, 0.15) is 24.0 Å². The number of hydrogen-bond acceptors (Lipinski definition) is 4. The van der Waals surface area contributed by atoms with Gasteiger partial charge in [0, 0.05) is 12.1 Å². The van der Waals surface area contributed by atoms with Crippen LogP contribution in [0.4, 0.5) is 0 Å². The lowest BCUT2D eigenvalue weighted by atomic mass is 9.88. The van der Waals surface area contributed by atoms with Crippen LogP contribution in [0.2, 0.25) is 0 Å². The van der Waals surface area contributed by atoms with E-state index in [-0.39, 0.29) is 0 Å². The smallest absolute Gasteiger partial charge is 0.119 e. The van der Waals surface area contributed by atoms with Crippen LogP contribution < -0.4 is 4.74 Å². The van der Waals surface area contributed by atoms with Crippen LogP contribution in [0.25, 0.3) is 11.1 Å². The summed E-state index contributed by atoms with van der Waals surface area (Å²) < 4.78 is 5.74. The lowest BCUT2D eigenvalue weighted by Crippen LogP contribution is -2.19. The van der Waals surface area contributed by atoms with Crippen molar-refractivity contribution in [1.29, 1.82) is 0 Å². The predicted octanol–water partition coefficient (Wildman–Crippen LogP) is 3.81. The van der Waals surface area contributed by atoms with Gasteiger partial charge >= 0.3 is 0 Å². The first kappa shape index (κ1) is 16.5. The van der Waals surface area contributed by atoms with E-state index in [9.17, 15) is 5.21 Å². The first-order valence-electron chi connectivity index (χ1n) is 8.39. The number of nitrogens with zero attached hydrogens (tertiary/aromatic N) is 2. The lowest BCUT2D eigenvalue weighted by molar-refractivity contribution is 0.261. The van der Waals surface area contributed by atoms with Gasteiger partial charge in [0.2, 0.25) is 0 Å². The van der Waals surface area contributed by atoms with Crippen molar-refractivity contribution < 1.29 is 9.94 Å². The Morgan fingerprint density at radius 2 is 1.79 bits per heavy atom. The van der Waals surface area contributed by atoms with Crippen molar-refractivity contribution in [3.8, 4) is 16.9 Å². The highest BCUT2D eigenvalue weighted by Gasteiger charge is 2.16. The summed E-state index contributed by atoms with van der Waals surface area (Å²) in [4.78, 5) is 2.10. The van der Waals surface area contributed by atoms with Crippen LogP contribution in [0.5, 0.6) is 5.75 Å². The van der Waals surface area contributed by atoms with Crippen LogP contribution in [0, 0.1) is 0 Å². The minimum atomic E-state index is 0.682. The molecule has 2 aromatic carbocycles. The first-order valence-corrected chi connectivity index (χ1v) is 8.39. The maximum absolute atomic E-state index is 9.23. The van der Waals surface area contributed by atoms with Crippen molar-refractivity contribution in [2.24, 2.45) is 5.16 Å². The molecule has 0 bridgehead atoms. The molecule has 0 fully saturated rings. The maximum Gasteiger partial charge on any atom is 0.119 e. The molecule has 4 nitrogen and oxygen atoms in total. The summed E-state index contributed by atoms with van der Waals surface area (Å²) in [6.07, 6.45) is 2.93. The molecule has 0 aliphatic heterocycles. The van der Waals surface area contributed by atoms with E-state index in [1.165, 1.54) is 5.56 Å². The second-order valence-corrected chi connectivity index (χ2v) is 6.45. The fourth-order valence-electron chi connectivity index (χ4n) is 3.02. The fraction of sp³-hybridized carbons (Fsp3) is 0.350. The van der Waals surface area contributed by atoms with Crippen LogP contribution >= 0.6 is 0 Å². The van der Waals surface area contributed by atoms with Crippen LogP contribution in [0.3, 0.4) is 0 Å². The highest BCUT2D eigenvalue weighted by Crippen LogP contribution is 2.29. The molecule has 0 amide bonds. The molecule has 0 unspecified atom stereocenters. The highest BCUT2D eigenvalue weighted by atomic mass is 16.5. The molecule has 24 heavy (non-hydrogen) atoms. The van der Waals surface area contributed by atoms with E-state index < -0.39 is 0 Å². The van der Waals surface area contributed by atoms with Gasteiger partial charge in [-0.15, -0.1) is 0 Å². The second-order valence-electron chi connectivity index (χ2n) is 6.45. The lowest BCUT2D eigenvalue weighted by Gasteiger charge is -2.18. The SMILES string of the molecule is CN(C)CCOc1ccc(-c2ccc3c(c2)/C(=N/O)CCC3)cc1. The molecule has 126 valence electrons. The number of aryl methyl sites for hydroxylation is 1. The molecule has 1 aliphatic carbocycles. The molecular formula is C20H24N2O2. The van der Waals surface area contributed by atoms with Crippen molar-refractivity contribution >= 4 is 5.71 Å². The van der Waals surface area contributed by atoms with Gasteiger partial charge in [0.25, 0.3) is 0 Å². The van der Waals surface area contributed by atoms with E-state index in [4.69, 9.17) is 4.74 Å². The van der Waals surface area contributed by atoms with Gasteiger partial charge in [0.1, 0.15) is 12.4 Å². The molecule has 0 atom stereocenters. The average Bonchev–Trinajstić information content (AvgIpc) is 2.61. The Balaban J connectivity index is 1.77. The molecule has 2 aromatic rings. The fourth-order valence-corrected chi connectivity index (χ4v) is 3.02. The zero-order valence-electron chi connectivity index (χ0n) is 14.3. The van der Waals surface area contributed by atoms with Crippen molar-refractivity contribution in [1.82, 2.24) is 4.90 Å². The quantitative estimate of drug-likeness (QED) is 0.672. The number of rotatable bonds is 5. The molecule has 0 saturated heterocycles. The van der Waals surface area contributed by atoms with Gasteiger partial charge in [-0.25, -0.2) is 0 Å². The Morgan fingerprint density at radius 3 is 2.50 bits per heavy atom. The van der Waals surface area contributed by atoms with E-state index in [2.05, 4.69) is 40.4 Å². The van der Waals surface area contributed by atoms with E-state index in [1.54, 1.807) is 0 Å². The Labute approximate surface area is 143 Å². The maximum atomic E-state index is 9.23. The van der Waals surface area contributed by atoms with E-state index >= 15 is 0 Å². The van der Waals surface area contributed by atoms with E-state index in [0.717, 1.165) is 54.0 Å². The molecule has 0 aromatic heterocycles. The van der Waals surface area contributed by atoms with Crippen LogP contribution in [-0.2, 0) is 6.42 Å². The number of ether oxygens (including phenoxy) is 1. The number of benzene rings is 2. The minimum Gasteiger partial charge on any atom is -0.492 e. The summed E-state index contributed by atoms with van der Waals surface area (Å²) in [5.41, 5.74) is 5.41. The third kappa shape index (κ3) is 3.77. The van der Waals surface area contributed by atoms with Crippen LogP contribution in [-0.4, -0.2) is 43.1 Å². The number of fused-ring (bicyclic) bond motifs is 1. The van der Waals surface area contributed by atoms with Crippen molar-refractivity contribution in [3.05, 3.63) is 53.6 Å². The summed E-state index contributed by atoms with van der Waals surface area (Å²) in [6.45, 7) is 1.58. The monoisotopic (exact) mass is 324 g/mol. The standard InChI is InChI=1S/C20H24N2O2/c1-22(2)12-13-24-18-10-8-15(9-11-18)17-7-6-16-4-3-5-20(21-23)19(16)14-17/h6-11,14,23H,3-5,12-13H2,1-2H3/b21-20+. The zero-order valence-corrected chi connectivity index (χ0v) is 14.3. The minimum absolute atomic E-state index is 0.682. The highest BCUT2D eigenvalue weighted by molar-refractivity contribution is 6.03. The first-order chi connectivity index (χ1) is 11.7. The third-order valence-electron chi connectivity index (χ3n) is 4.40. The Hall–Kier alpha value is -2.33. The summed E-state index contributed by atoms with van der Waals surface area (Å²) in [6, 6.07) is 14.6. The molecule has 3 rings (SSSR count). The summed E-state index contributed by atoms with van der Waals surface area (Å²) in [5, 5.41) is 12.7. The van der Waals surface area contributed by atoms with Crippen molar-refractivity contribution in [2.75, 3.05) is 27.2 Å². The molecular weight excluding hydrogens is 300 g/mol. The third-order valence-corrected chi connectivity index (χ3v) is 4.40.